The molecule has 0 aromatic heterocycles. The van der Waals surface area contributed by atoms with Crippen molar-refractivity contribution in [3.8, 4) is 17.6 Å². The zero-order chi connectivity index (χ0) is 14.7. The first-order chi connectivity index (χ1) is 9.52. The fourth-order valence-electron chi connectivity index (χ4n) is 1.70. The van der Waals surface area contributed by atoms with Crippen LogP contribution in [0.3, 0.4) is 0 Å². The second-order valence-electron chi connectivity index (χ2n) is 4.03. The van der Waals surface area contributed by atoms with Crippen molar-refractivity contribution in [2.24, 2.45) is 0 Å². The minimum atomic E-state index is -0.576. The largest absolute Gasteiger partial charge is 0.448 e. The van der Waals surface area contributed by atoms with Crippen LogP contribution < -0.4 is 4.74 Å². The smallest absolute Gasteiger partial charge is 0.311 e. The standard InChI is InChI=1S/C14H9FN2O3/c1-9-3-2-4-12(17(18)19)14(9)20-13-6-5-11(15)7-10(13)8-16/h2-7H,1H3. The fraction of sp³-hybridized carbons (Fsp3) is 0.0714. The molecule has 2 rings (SSSR count). The average Bonchev–Trinajstić information content (AvgIpc) is 2.42. The van der Waals surface area contributed by atoms with E-state index in [1.54, 1.807) is 19.1 Å². The van der Waals surface area contributed by atoms with Crippen molar-refractivity contribution < 1.29 is 14.1 Å². The van der Waals surface area contributed by atoms with Crippen LogP contribution in [0.2, 0.25) is 0 Å². The summed E-state index contributed by atoms with van der Waals surface area (Å²) in [5.41, 5.74) is 0.313. The summed E-state index contributed by atoms with van der Waals surface area (Å²) in [7, 11) is 0. The maximum atomic E-state index is 13.0. The monoisotopic (exact) mass is 272 g/mol. The van der Waals surface area contributed by atoms with Gasteiger partial charge in [-0.1, -0.05) is 12.1 Å². The van der Waals surface area contributed by atoms with Crippen LogP contribution in [0.15, 0.2) is 36.4 Å². The number of aryl methyl sites for hydroxylation is 1. The zero-order valence-electron chi connectivity index (χ0n) is 10.5. The lowest BCUT2D eigenvalue weighted by Gasteiger charge is -2.10. The number of benzene rings is 2. The van der Waals surface area contributed by atoms with Crippen molar-refractivity contribution in [2.75, 3.05) is 0 Å². The minimum Gasteiger partial charge on any atom is -0.448 e. The third kappa shape index (κ3) is 2.57. The number of hydrogen-bond acceptors (Lipinski definition) is 4. The molecule has 2 aromatic carbocycles. The van der Waals surface area contributed by atoms with Crippen LogP contribution in [0.4, 0.5) is 10.1 Å². The maximum Gasteiger partial charge on any atom is 0.311 e. The van der Waals surface area contributed by atoms with Crippen molar-refractivity contribution >= 4 is 5.69 Å². The highest BCUT2D eigenvalue weighted by Crippen LogP contribution is 2.35. The van der Waals surface area contributed by atoms with Crippen LogP contribution in [-0.2, 0) is 0 Å². The maximum absolute atomic E-state index is 13.0. The number of nitrogens with zero attached hydrogens (tertiary/aromatic N) is 2. The Balaban J connectivity index is 2.51. The third-order valence-electron chi connectivity index (χ3n) is 2.66. The van der Waals surface area contributed by atoms with Crippen LogP contribution in [0.1, 0.15) is 11.1 Å². The van der Waals surface area contributed by atoms with E-state index >= 15 is 0 Å². The lowest BCUT2D eigenvalue weighted by molar-refractivity contribution is -0.385. The van der Waals surface area contributed by atoms with E-state index in [2.05, 4.69) is 0 Å². The summed E-state index contributed by atoms with van der Waals surface area (Å²) in [4.78, 5) is 10.4. The molecule has 0 fully saturated rings. The first-order valence-electron chi connectivity index (χ1n) is 5.64. The van der Waals surface area contributed by atoms with Gasteiger partial charge in [0.05, 0.1) is 10.5 Å². The summed E-state index contributed by atoms with van der Waals surface area (Å²) in [6.45, 7) is 1.65. The molecule has 0 heterocycles. The molecule has 0 amide bonds. The van der Waals surface area contributed by atoms with E-state index in [1.807, 2.05) is 0 Å². The van der Waals surface area contributed by atoms with Gasteiger partial charge in [0.2, 0.25) is 5.75 Å². The normalized spacial score (nSPS) is 9.85. The van der Waals surface area contributed by atoms with Crippen molar-refractivity contribution in [3.63, 3.8) is 0 Å². The van der Waals surface area contributed by atoms with Crippen molar-refractivity contribution in [2.45, 2.75) is 6.92 Å². The summed E-state index contributed by atoms with van der Waals surface area (Å²) in [6, 6.07) is 9.69. The molecule has 0 N–H and O–H groups in total. The summed E-state index contributed by atoms with van der Waals surface area (Å²) >= 11 is 0. The Bertz CT molecular complexity index is 723. The van der Waals surface area contributed by atoms with E-state index in [-0.39, 0.29) is 22.7 Å². The van der Waals surface area contributed by atoms with Crippen LogP contribution in [0.25, 0.3) is 0 Å². The van der Waals surface area contributed by atoms with Crippen LogP contribution in [0, 0.1) is 34.2 Å². The molecular weight excluding hydrogens is 263 g/mol. The molecule has 0 saturated carbocycles. The van der Waals surface area contributed by atoms with Gasteiger partial charge in [0, 0.05) is 6.07 Å². The molecule has 0 aliphatic carbocycles. The van der Waals surface area contributed by atoms with E-state index in [4.69, 9.17) is 10.00 Å². The summed E-state index contributed by atoms with van der Waals surface area (Å²) < 4.78 is 18.5. The highest BCUT2D eigenvalue weighted by molar-refractivity contribution is 5.55. The van der Waals surface area contributed by atoms with Gasteiger partial charge in [-0.15, -0.1) is 0 Å². The highest BCUT2D eigenvalue weighted by Gasteiger charge is 2.19. The van der Waals surface area contributed by atoms with E-state index in [9.17, 15) is 14.5 Å². The van der Waals surface area contributed by atoms with Gasteiger partial charge in [0.25, 0.3) is 0 Å². The molecule has 0 saturated heterocycles. The van der Waals surface area contributed by atoms with E-state index < -0.39 is 10.7 Å². The van der Waals surface area contributed by atoms with E-state index in [0.29, 0.717) is 5.56 Å². The summed E-state index contributed by atoms with van der Waals surface area (Å²) in [5.74, 6) is -0.458. The van der Waals surface area contributed by atoms with E-state index in [1.165, 1.54) is 18.2 Å². The Hall–Kier alpha value is -2.94. The average molecular weight is 272 g/mol. The van der Waals surface area contributed by atoms with Crippen LogP contribution in [-0.4, -0.2) is 4.92 Å². The number of rotatable bonds is 3. The number of nitro groups is 1. The molecule has 0 spiro atoms. The Kier molecular flexibility index (Phi) is 3.62. The predicted octanol–water partition coefficient (Wildman–Crippen LogP) is 3.71. The SMILES string of the molecule is Cc1cccc([N+](=O)[O-])c1Oc1ccc(F)cc1C#N. The number of hydrogen-bond donors (Lipinski definition) is 0. The topological polar surface area (TPSA) is 76.2 Å². The Morgan fingerprint density at radius 1 is 1.35 bits per heavy atom. The molecule has 0 aliphatic rings. The molecule has 5 nitrogen and oxygen atoms in total. The molecule has 100 valence electrons. The highest BCUT2D eigenvalue weighted by atomic mass is 19.1. The Morgan fingerprint density at radius 3 is 2.75 bits per heavy atom. The van der Waals surface area contributed by atoms with Gasteiger partial charge in [0.1, 0.15) is 17.6 Å². The molecule has 0 aliphatic heterocycles. The lowest BCUT2D eigenvalue weighted by Crippen LogP contribution is -1.97. The predicted molar refractivity (Wildman–Crippen MR) is 69.0 cm³/mol. The van der Waals surface area contributed by atoms with Gasteiger partial charge in [-0.3, -0.25) is 10.1 Å². The number of nitriles is 1. The summed E-state index contributed by atoms with van der Waals surface area (Å²) in [6.07, 6.45) is 0. The molecule has 0 bridgehead atoms. The van der Waals surface area contributed by atoms with Gasteiger partial charge < -0.3 is 4.74 Å². The zero-order valence-corrected chi connectivity index (χ0v) is 10.5. The third-order valence-corrected chi connectivity index (χ3v) is 2.66. The van der Waals surface area contributed by atoms with Crippen molar-refractivity contribution in [1.82, 2.24) is 0 Å². The number of nitro benzene ring substituents is 1. The molecule has 2 aromatic rings. The molecule has 0 radical (unpaired) electrons. The number of para-hydroxylation sites is 1. The van der Waals surface area contributed by atoms with Gasteiger partial charge >= 0.3 is 5.69 Å². The molecule has 6 heteroatoms. The lowest BCUT2D eigenvalue weighted by atomic mass is 10.2. The van der Waals surface area contributed by atoms with Crippen molar-refractivity contribution in [3.05, 3.63) is 63.5 Å². The fourth-order valence-corrected chi connectivity index (χ4v) is 1.70. The second-order valence-corrected chi connectivity index (χ2v) is 4.03. The number of halogens is 1. The molecular formula is C14H9FN2O3. The van der Waals surface area contributed by atoms with Gasteiger partial charge in [-0.05, 0) is 30.7 Å². The Labute approximate surface area is 114 Å². The van der Waals surface area contributed by atoms with Gasteiger partial charge in [-0.25, -0.2) is 4.39 Å². The number of ether oxygens (including phenoxy) is 1. The molecule has 0 atom stereocenters. The minimum absolute atomic E-state index is 0.0254. The first-order valence-corrected chi connectivity index (χ1v) is 5.64. The van der Waals surface area contributed by atoms with Gasteiger partial charge in [-0.2, -0.15) is 5.26 Å². The van der Waals surface area contributed by atoms with Crippen molar-refractivity contribution in [1.29, 1.82) is 5.26 Å². The summed E-state index contributed by atoms with van der Waals surface area (Å²) in [5, 5.41) is 19.9. The second kappa shape index (κ2) is 5.36. The first kappa shape index (κ1) is 13.5. The quantitative estimate of drug-likeness (QED) is 0.630. The van der Waals surface area contributed by atoms with Crippen LogP contribution >= 0.6 is 0 Å². The van der Waals surface area contributed by atoms with E-state index in [0.717, 1.165) is 12.1 Å². The molecule has 20 heavy (non-hydrogen) atoms. The van der Waals surface area contributed by atoms with Crippen LogP contribution in [0.5, 0.6) is 11.5 Å². The molecule has 0 unspecified atom stereocenters. The Morgan fingerprint density at radius 2 is 2.10 bits per heavy atom. The van der Waals surface area contributed by atoms with Gasteiger partial charge in [0.15, 0.2) is 0 Å².